The monoisotopic (exact) mass is 370 g/mol. The van der Waals surface area contributed by atoms with Gasteiger partial charge < -0.3 is 10.6 Å². The van der Waals surface area contributed by atoms with Crippen molar-refractivity contribution in [2.24, 2.45) is 16.6 Å². The number of hydrogen-bond acceptors (Lipinski definition) is 3. The van der Waals surface area contributed by atoms with Crippen molar-refractivity contribution in [1.29, 1.82) is 0 Å². The number of alkyl halides is 3. The highest BCUT2D eigenvalue weighted by atomic mass is 32.2. The Balaban J connectivity index is 1.83. The fourth-order valence-corrected chi connectivity index (χ4v) is 4.09. The quantitative estimate of drug-likeness (QED) is 0.606. The Bertz CT molecular complexity index is 535. The molecule has 0 aliphatic carbocycles. The lowest BCUT2D eigenvalue weighted by Crippen LogP contribution is -2.45. The molecule has 24 heavy (non-hydrogen) atoms. The molecule has 0 aromatic carbocycles. The number of piperidine rings is 1. The van der Waals surface area contributed by atoms with E-state index in [1.165, 1.54) is 12.8 Å². The molecule has 2 saturated heterocycles. The molecular formula is C14H25F3N4O2S. The van der Waals surface area contributed by atoms with Crippen LogP contribution in [0.5, 0.6) is 0 Å². The van der Waals surface area contributed by atoms with E-state index in [-0.39, 0.29) is 19.0 Å². The summed E-state index contributed by atoms with van der Waals surface area (Å²) in [6.45, 7) is 1.97. The predicted molar refractivity (Wildman–Crippen MR) is 85.8 cm³/mol. The first-order valence-electron chi connectivity index (χ1n) is 8.33. The molecule has 0 amide bonds. The summed E-state index contributed by atoms with van der Waals surface area (Å²) in [6, 6.07) is 0. The summed E-state index contributed by atoms with van der Waals surface area (Å²) in [5.74, 6) is 0.553. The van der Waals surface area contributed by atoms with E-state index in [2.05, 4.69) is 9.89 Å². The zero-order valence-electron chi connectivity index (χ0n) is 13.6. The number of guanidine groups is 1. The molecule has 0 aromatic heterocycles. The van der Waals surface area contributed by atoms with Crippen LogP contribution in [0.25, 0.3) is 0 Å². The van der Waals surface area contributed by atoms with Gasteiger partial charge in [0.05, 0.1) is 0 Å². The third-order valence-electron chi connectivity index (χ3n) is 4.65. The average Bonchev–Trinajstić information content (AvgIpc) is 2.81. The average molecular weight is 370 g/mol. The van der Waals surface area contributed by atoms with Gasteiger partial charge in [0.15, 0.2) is 5.96 Å². The van der Waals surface area contributed by atoms with E-state index in [4.69, 9.17) is 5.73 Å². The van der Waals surface area contributed by atoms with Gasteiger partial charge in [-0.25, -0.2) is 8.42 Å². The molecule has 0 bridgehead atoms. The molecule has 0 spiro atoms. The van der Waals surface area contributed by atoms with Gasteiger partial charge in [-0.3, -0.25) is 4.99 Å². The van der Waals surface area contributed by atoms with Crippen LogP contribution >= 0.6 is 0 Å². The zero-order chi connectivity index (χ0) is 17.8. The molecule has 0 aromatic rings. The number of nitrogens with zero attached hydrogens (tertiary/aromatic N) is 3. The summed E-state index contributed by atoms with van der Waals surface area (Å²) >= 11 is 0. The smallest absolute Gasteiger partial charge is 0.370 e. The van der Waals surface area contributed by atoms with Gasteiger partial charge in [0.2, 0.25) is 0 Å². The van der Waals surface area contributed by atoms with E-state index in [0.29, 0.717) is 29.7 Å². The highest BCUT2D eigenvalue weighted by molar-refractivity contribution is 7.90. The number of nitrogens with two attached hydrogens (primary N) is 1. The fraction of sp³-hybridized carbons (Fsp3) is 0.929. The molecule has 2 heterocycles. The zero-order valence-corrected chi connectivity index (χ0v) is 14.4. The van der Waals surface area contributed by atoms with E-state index >= 15 is 0 Å². The van der Waals surface area contributed by atoms with Gasteiger partial charge in [-0.05, 0) is 31.6 Å². The number of likely N-dealkylation sites (tertiary alicyclic amines) is 1. The highest BCUT2D eigenvalue weighted by Crippen LogP contribution is 2.30. The Morgan fingerprint density at radius 1 is 1.04 bits per heavy atom. The van der Waals surface area contributed by atoms with Crippen LogP contribution in [-0.4, -0.2) is 61.8 Å². The molecule has 2 rings (SSSR count). The summed E-state index contributed by atoms with van der Waals surface area (Å²) in [6.07, 6.45) is 5.29. The first-order chi connectivity index (χ1) is 11.2. The molecule has 140 valence electrons. The third-order valence-corrected chi connectivity index (χ3v) is 6.28. The molecular weight excluding hydrogens is 345 g/mol. The Morgan fingerprint density at radius 2 is 1.58 bits per heavy atom. The molecule has 0 atom stereocenters. The molecule has 2 aliphatic rings. The summed E-state index contributed by atoms with van der Waals surface area (Å²) in [5.41, 5.74) is 0.783. The molecule has 2 aliphatic heterocycles. The fourth-order valence-electron chi connectivity index (χ4n) is 3.10. The van der Waals surface area contributed by atoms with Gasteiger partial charge in [-0.1, -0.05) is 12.8 Å². The van der Waals surface area contributed by atoms with E-state index in [9.17, 15) is 21.6 Å². The Labute approximate surface area is 140 Å². The van der Waals surface area contributed by atoms with Crippen molar-refractivity contribution in [1.82, 2.24) is 9.21 Å². The summed E-state index contributed by atoms with van der Waals surface area (Å²) in [7, 11) is -5.21. The maximum Gasteiger partial charge on any atom is 0.511 e. The van der Waals surface area contributed by atoms with E-state index < -0.39 is 15.5 Å². The minimum Gasteiger partial charge on any atom is -0.370 e. The van der Waals surface area contributed by atoms with Crippen molar-refractivity contribution in [3.63, 3.8) is 0 Å². The third kappa shape index (κ3) is 4.75. The normalized spacial score (nSPS) is 23.3. The molecule has 2 fully saturated rings. The molecule has 10 heteroatoms. The summed E-state index contributed by atoms with van der Waals surface area (Å²) in [4.78, 5) is 6.43. The predicted octanol–water partition coefficient (Wildman–Crippen LogP) is 1.74. The molecule has 0 radical (unpaired) electrons. The summed E-state index contributed by atoms with van der Waals surface area (Å²) < 4.78 is 60.9. The molecule has 0 unspecified atom stereocenters. The minimum absolute atomic E-state index is 0.0650. The van der Waals surface area contributed by atoms with Crippen LogP contribution in [-0.2, 0) is 10.0 Å². The van der Waals surface area contributed by atoms with Crippen LogP contribution in [0.4, 0.5) is 13.2 Å². The lowest BCUT2D eigenvalue weighted by molar-refractivity contribution is -0.0496. The van der Waals surface area contributed by atoms with Gasteiger partial charge in [0.25, 0.3) is 0 Å². The summed E-state index contributed by atoms with van der Waals surface area (Å²) in [5, 5.41) is 0. The topological polar surface area (TPSA) is 79.0 Å². The maximum absolute atomic E-state index is 12.5. The first-order valence-corrected chi connectivity index (χ1v) is 9.77. The van der Waals surface area contributed by atoms with Gasteiger partial charge in [-0.15, -0.1) is 0 Å². The van der Waals surface area contributed by atoms with E-state index in [0.717, 1.165) is 25.9 Å². The van der Waals surface area contributed by atoms with Crippen LogP contribution < -0.4 is 5.73 Å². The van der Waals surface area contributed by atoms with Crippen LogP contribution in [0.15, 0.2) is 4.99 Å². The number of rotatable bonds is 3. The van der Waals surface area contributed by atoms with Crippen LogP contribution in [0.1, 0.15) is 38.5 Å². The molecule has 0 saturated carbocycles. The number of hydrogen-bond donors (Lipinski definition) is 1. The van der Waals surface area contributed by atoms with Gasteiger partial charge in [-0.2, -0.15) is 17.5 Å². The minimum atomic E-state index is -5.23. The van der Waals surface area contributed by atoms with Crippen molar-refractivity contribution < 1.29 is 21.6 Å². The maximum atomic E-state index is 12.5. The Kier molecular flexibility index (Phi) is 6.35. The van der Waals surface area contributed by atoms with Gasteiger partial charge in [0.1, 0.15) is 0 Å². The number of sulfonamides is 1. The second-order valence-electron chi connectivity index (χ2n) is 6.39. The van der Waals surface area contributed by atoms with Crippen LogP contribution in [0.3, 0.4) is 0 Å². The van der Waals surface area contributed by atoms with Crippen molar-refractivity contribution in [2.45, 2.75) is 44.0 Å². The lowest BCUT2D eigenvalue weighted by atomic mass is 9.98. The lowest BCUT2D eigenvalue weighted by Gasteiger charge is -2.31. The molecule has 2 N–H and O–H groups in total. The van der Waals surface area contributed by atoms with Crippen LogP contribution in [0.2, 0.25) is 0 Å². The van der Waals surface area contributed by atoms with Crippen molar-refractivity contribution in [2.75, 3.05) is 32.7 Å². The molecule has 6 nitrogen and oxygen atoms in total. The largest absolute Gasteiger partial charge is 0.511 e. The van der Waals surface area contributed by atoms with E-state index in [1.54, 1.807) is 0 Å². The van der Waals surface area contributed by atoms with Crippen molar-refractivity contribution in [3.05, 3.63) is 0 Å². The number of aliphatic imine (C=N–C) groups is 1. The standard InChI is InChI=1S/C14H25F3N4O2S/c15-14(16,17)24(22,23)21-9-5-12(6-10-21)11-19-13(18)20-7-3-1-2-4-8-20/h12H,1-11H2,(H2,18,19). The Hall–Kier alpha value is -1.03. The highest BCUT2D eigenvalue weighted by Gasteiger charge is 2.50. The second-order valence-corrected chi connectivity index (χ2v) is 8.32. The van der Waals surface area contributed by atoms with E-state index in [1.807, 2.05) is 0 Å². The SMILES string of the molecule is NC(=NCC1CCN(S(=O)(=O)C(F)(F)F)CC1)N1CCCCCC1. The van der Waals surface area contributed by atoms with Gasteiger partial charge in [0, 0.05) is 32.7 Å². The van der Waals surface area contributed by atoms with Gasteiger partial charge >= 0.3 is 15.5 Å². The van der Waals surface area contributed by atoms with Crippen molar-refractivity contribution in [3.8, 4) is 0 Å². The first kappa shape index (κ1) is 19.3. The second kappa shape index (κ2) is 7.90. The van der Waals surface area contributed by atoms with Crippen LogP contribution in [0, 0.1) is 5.92 Å². The van der Waals surface area contributed by atoms with Crippen molar-refractivity contribution >= 4 is 16.0 Å². The Morgan fingerprint density at radius 3 is 2.08 bits per heavy atom. The number of halogens is 3.